The Balaban J connectivity index is 4.15. The Morgan fingerprint density at radius 3 is 1.73 bits per heavy atom. The van der Waals surface area contributed by atoms with Crippen molar-refractivity contribution in [2.75, 3.05) is 6.54 Å². The van der Waals surface area contributed by atoms with Gasteiger partial charge in [-0.15, -0.1) is 0 Å². The summed E-state index contributed by atoms with van der Waals surface area (Å²) in [5.74, 6) is 0. The van der Waals surface area contributed by atoms with Crippen LogP contribution in [0, 0.1) is 0 Å². The van der Waals surface area contributed by atoms with E-state index in [-0.39, 0.29) is 6.23 Å². The number of rotatable bonds is 9. The molecule has 15 heavy (non-hydrogen) atoms. The van der Waals surface area contributed by atoms with Gasteiger partial charge in [0.15, 0.2) is 0 Å². The lowest BCUT2D eigenvalue weighted by molar-refractivity contribution is -0.0139. The zero-order valence-corrected chi connectivity index (χ0v) is 11.0. The van der Waals surface area contributed by atoms with E-state index in [1.54, 1.807) is 0 Å². The summed E-state index contributed by atoms with van der Waals surface area (Å²) in [7, 11) is 0. The molecule has 0 aliphatic rings. The fraction of sp³-hybridized carbons (Fsp3) is 1.00. The molecule has 2 heteroatoms. The third kappa shape index (κ3) is 6.16. The molecule has 1 N–H and O–H groups in total. The van der Waals surface area contributed by atoms with Crippen LogP contribution in [0.3, 0.4) is 0 Å². The fourth-order valence-corrected chi connectivity index (χ4v) is 2.18. The Kier molecular flexibility index (Phi) is 9.12. The van der Waals surface area contributed by atoms with Gasteiger partial charge in [0.25, 0.3) is 0 Å². The van der Waals surface area contributed by atoms with Crippen LogP contribution in [-0.4, -0.2) is 28.8 Å². The number of hydrogen-bond acceptors (Lipinski definition) is 2. The topological polar surface area (TPSA) is 23.5 Å². The molecule has 0 aromatic carbocycles. The highest BCUT2D eigenvalue weighted by atomic mass is 16.3. The van der Waals surface area contributed by atoms with E-state index >= 15 is 0 Å². The molecule has 0 radical (unpaired) electrons. The first-order valence-electron chi connectivity index (χ1n) is 6.61. The van der Waals surface area contributed by atoms with Crippen LogP contribution < -0.4 is 0 Å². The lowest BCUT2D eigenvalue weighted by atomic mass is 10.0. The predicted molar refractivity (Wildman–Crippen MR) is 66.9 cm³/mol. The summed E-state index contributed by atoms with van der Waals surface area (Å²) in [6.07, 6.45) is 7.22. The molecule has 92 valence electrons. The van der Waals surface area contributed by atoms with Crippen molar-refractivity contribution in [3.63, 3.8) is 0 Å². The Labute approximate surface area is 95.7 Å². The smallest absolute Gasteiger partial charge is 0.104 e. The standard InChI is InChI=1S/C13H29NO/c1-5-8-10-13(11-9-6-2)14(7-3)12(4)15/h12-13,15H,5-11H2,1-4H3. The first-order chi connectivity index (χ1) is 7.17. The van der Waals surface area contributed by atoms with Crippen LogP contribution in [0.25, 0.3) is 0 Å². The van der Waals surface area contributed by atoms with Crippen molar-refractivity contribution >= 4 is 0 Å². The van der Waals surface area contributed by atoms with Crippen LogP contribution in [0.15, 0.2) is 0 Å². The number of hydrogen-bond donors (Lipinski definition) is 1. The van der Waals surface area contributed by atoms with Gasteiger partial charge in [-0.1, -0.05) is 46.5 Å². The number of nitrogens with zero attached hydrogens (tertiary/aromatic N) is 1. The van der Waals surface area contributed by atoms with Crippen molar-refractivity contribution in [3.8, 4) is 0 Å². The minimum atomic E-state index is -0.297. The molecule has 0 heterocycles. The quantitative estimate of drug-likeness (QED) is 0.596. The van der Waals surface area contributed by atoms with Crippen molar-refractivity contribution in [2.45, 2.75) is 78.5 Å². The van der Waals surface area contributed by atoms with Gasteiger partial charge >= 0.3 is 0 Å². The normalized spacial score (nSPS) is 13.8. The number of aliphatic hydroxyl groups excluding tert-OH is 1. The second-order valence-corrected chi connectivity index (χ2v) is 4.40. The molecule has 0 saturated heterocycles. The van der Waals surface area contributed by atoms with Gasteiger partial charge in [-0.05, 0) is 26.3 Å². The zero-order chi connectivity index (χ0) is 11.7. The largest absolute Gasteiger partial charge is 0.379 e. The predicted octanol–water partition coefficient (Wildman–Crippen LogP) is 3.40. The molecular formula is C13H29NO. The van der Waals surface area contributed by atoms with Crippen molar-refractivity contribution in [1.29, 1.82) is 0 Å². The molecular weight excluding hydrogens is 186 g/mol. The van der Waals surface area contributed by atoms with Crippen molar-refractivity contribution in [3.05, 3.63) is 0 Å². The van der Waals surface area contributed by atoms with Crippen LogP contribution in [-0.2, 0) is 0 Å². The summed E-state index contributed by atoms with van der Waals surface area (Å²) in [6.45, 7) is 9.44. The maximum atomic E-state index is 9.71. The summed E-state index contributed by atoms with van der Waals surface area (Å²) in [5, 5.41) is 9.71. The monoisotopic (exact) mass is 215 g/mol. The molecule has 0 amide bonds. The summed E-state index contributed by atoms with van der Waals surface area (Å²) in [6, 6.07) is 0.579. The zero-order valence-electron chi connectivity index (χ0n) is 11.0. The molecule has 0 bridgehead atoms. The van der Waals surface area contributed by atoms with Crippen LogP contribution >= 0.6 is 0 Å². The number of unbranched alkanes of at least 4 members (excludes halogenated alkanes) is 2. The van der Waals surface area contributed by atoms with E-state index in [2.05, 4.69) is 25.7 Å². The molecule has 1 unspecified atom stereocenters. The summed E-state index contributed by atoms with van der Waals surface area (Å²) >= 11 is 0. The first kappa shape index (κ1) is 14.9. The highest BCUT2D eigenvalue weighted by Gasteiger charge is 2.19. The molecule has 0 saturated carbocycles. The van der Waals surface area contributed by atoms with Crippen LogP contribution in [0.1, 0.15) is 66.2 Å². The lowest BCUT2D eigenvalue weighted by Crippen LogP contribution is -2.41. The van der Waals surface area contributed by atoms with E-state index in [0.717, 1.165) is 6.54 Å². The second-order valence-electron chi connectivity index (χ2n) is 4.40. The Morgan fingerprint density at radius 2 is 1.47 bits per heavy atom. The Morgan fingerprint density at radius 1 is 1.00 bits per heavy atom. The fourth-order valence-electron chi connectivity index (χ4n) is 2.18. The molecule has 2 nitrogen and oxygen atoms in total. The molecule has 0 aliphatic heterocycles. The third-order valence-corrected chi connectivity index (χ3v) is 3.10. The van der Waals surface area contributed by atoms with Gasteiger partial charge in [-0.25, -0.2) is 0 Å². The van der Waals surface area contributed by atoms with E-state index in [1.165, 1.54) is 38.5 Å². The molecule has 0 fully saturated rings. The lowest BCUT2D eigenvalue weighted by Gasteiger charge is -2.33. The van der Waals surface area contributed by atoms with Crippen molar-refractivity contribution in [2.24, 2.45) is 0 Å². The maximum absolute atomic E-state index is 9.71. The molecule has 0 aliphatic carbocycles. The van der Waals surface area contributed by atoms with Gasteiger partial charge in [-0.2, -0.15) is 0 Å². The molecule has 0 spiro atoms. The molecule has 1 atom stereocenters. The van der Waals surface area contributed by atoms with E-state index in [4.69, 9.17) is 0 Å². The summed E-state index contributed by atoms with van der Waals surface area (Å²) in [4.78, 5) is 2.23. The van der Waals surface area contributed by atoms with E-state index in [0.29, 0.717) is 6.04 Å². The Hall–Kier alpha value is -0.0800. The summed E-state index contributed by atoms with van der Waals surface area (Å²) < 4.78 is 0. The minimum Gasteiger partial charge on any atom is -0.379 e. The van der Waals surface area contributed by atoms with Gasteiger partial charge < -0.3 is 5.11 Å². The second kappa shape index (κ2) is 9.17. The molecule has 0 aromatic heterocycles. The van der Waals surface area contributed by atoms with Crippen molar-refractivity contribution < 1.29 is 5.11 Å². The van der Waals surface area contributed by atoms with E-state index in [9.17, 15) is 5.11 Å². The average molecular weight is 215 g/mol. The van der Waals surface area contributed by atoms with Gasteiger partial charge in [-0.3, -0.25) is 4.90 Å². The molecule has 0 rings (SSSR count). The van der Waals surface area contributed by atoms with Gasteiger partial charge in [0.1, 0.15) is 6.23 Å². The van der Waals surface area contributed by atoms with Gasteiger partial charge in [0.05, 0.1) is 0 Å². The van der Waals surface area contributed by atoms with Crippen LogP contribution in [0.4, 0.5) is 0 Å². The first-order valence-corrected chi connectivity index (χ1v) is 6.61. The highest BCUT2D eigenvalue weighted by Crippen LogP contribution is 2.17. The maximum Gasteiger partial charge on any atom is 0.104 e. The number of aliphatic hydroxyl groups is 1. The molecule has 0 aromatic rings. The van der Waals surface area contributed by atoms with Crippen LogP contribution in [0.5, 0.6) is 0 Å². The van der Waals surface area contributed by atoms with E-state index < -0.39 is 0 Å². The Bertz CT molecular complexity index is 128. The van der Waals surface area contributed by atoms with Crippen molar-refractivity contribution in [1.82, 2.24) is 4.90 Å². The summed E-state index contributed by atoms with van der Waals surface area (Å²) in [5.41, 5.74) is 0. The highest BCUT2D eigenvalue weighted by molar-refractivity contribution is 4.71. The van der Waals surface area contributed by atoms with Crippen LogP contribution in [0.2, 0.25) is 0 Å². The van der Waals surface area contributed by atoms with Gasteiger partial charge in [0.2, 0.25) is 0 Å². The minimum absolute atomic E-state index is 0.297. The SMILES string of the molecule is CCCCC(CCCC)N(CC)C(C)O. The average Bonchev–Trinajstić information content (AvgIpc) is 2.21. The van der Waals surface area contributed by atoms with Gasteiger partial charge in [0, 0.05) is 6.04 Å². The third-order valence-electron chi connectivity index (χ3n) is 3.10. The van der Waals surface area contributed by atoms with E-state index in [1.807, 2.05) is 6.92 Å².